The van der Waals surface area contributed by atoms with Gasteiger partial charge < -0.3 is 36.4 Å². The molecule has 3 aliphatic carbocycles. The van der Waals surface area contributed by atoms with Crippen LogP contribution in [0.3, 0.4) is 0 Å². The molecule has 0 unspecified atom stereocenters. The van der Waals surface area contributed by atoms with Crippen LogP contribution in [0.1, 0.15) is 33.6 Å². The second-order valence-electron chi connectivity index (χ2n) is 11.3. The lowest BCUT2D eigenvalue weighted by molar-refractivity contribution is -0.148. The number of nitrogens with one attached hydrogen (secondary N) is 1. The minimum absolute atomic E-state index is 0.0240. The number of allylic oxidation sites excluding steroid dienone is 1. The van der Waals surface area contributed by atoms with Crippen LogP contribution in [0.5, 0.6) is 5.75 Å². The fourth-order valence-electron chi connectivity index (χ4n) is 6.49. The number of hydrogen-bond donors (Lipinski definition) is 6. The Morgan fingerprint density at radius 3 is 2.46 bits per heavy atom. The number of carbonyl (C=O) groups is 3. The number of benzene rings is 1. The predicted molar refractivity (Wildman–Crippen MR) is 152 cm³/mol. The number of nitrogens with zero attached hydrogens (tertiary/aromatic N) is 3. The number of Topliss-reactive ketones (excluding diaryl/α,β-unsaturated/α-hetero) is 2. The van der Waals surface area contributed by atoms with Gasteiger partial charge in [-0.15, -0.1) is 11.3 Å². The molecule has 12 nitrogen and oxygen atoms in total. The van der Waals surface area contributed by atoms with Crippen LogP contribution < -0.4 is 16.0 Å². The van der Waals surface area contributed by atoms with Gasteiger partial charge in [-0.3, -0.25) is 19.3 Å². The molecule has 4 atom stereocenters. The number of aromatic hydroxyl groups is 1. The average molecular weight is 584 g/mol. The van der Waals surface area contributed by atoms with Crippen LogP contribution in [-0.4, -0.2) is 87.6 Å². The third-order valence-corrected chi connectivity index (χ3v) is 9.23. The molecule has 0 bridgehead atoms. The highest BCUT2D eigenvalue weighted by molar-refractivity contribution is 7.13. The molecule has 1 heterocycles. The normalized spacial score (nSPS) is 25.7. The Labute approximate surface area is 240 Å². The van der Waals surface area contributed by atoms with Crippen molar-refractivity contribution in [3.63, 3.8) is 0 Å². The van der Waals surface area contributed by atoms with Crippen LogP contribution in [0.4, 0.5) is 10.8 Å². The molecule has 0 fully saturated rings. The Bertz CT molecular complexity index is 1560. The lowest BCUT2D eigenvalue weighted by atomic mass is 9.58. The molecule has 1 aromatic carbocycles. The molecular weight excluding hydrogens is 550 g/mol. The van der Waals surface area contributed by atoms with E-state index < -0.39 is 58.0 Å². The quantitative estimate of drug-likeness (QED) is 0.271. The number of aryl methyl sites for hydroxylation is 1. The summed E-state index contributed by atoms with van der Waals surface area (Å²) in [5.41, 5.74) is 4.20. The Kier molecular flexibility index (Phi) is 6.87. The monoisotopic (exact) mass is 583 g/mol. The topological polar surface area (TPSA) is 190 Å². The van der Waals surface area contributed by atoms with E-state index in [9.17, 15) is 34.8 Å². The van der Waals surface area contributed by atoms with E-state index in [-0.39, 0.29) is 36.3 Å². The van der Waals surface area contributed by atoms with E-state index in [0.717, 1.165) is 5.69 Å². The summed E-state index contributed by atoms with van der Waals surface area (Å²) in [7, 11) is 6.82. The molecule has 2 aromatic rings. The fraction of sp³-hybridized carbons (Fsp3) is 0.429. The maximum absolute atomic E-state index is 14.1. The van der Waals surface area contributed by atoms with E-state index in [2.05, 4.69) is 10.3 Å². The molecule has 218 valence electrons. The number of aliphatic hydroxyl groups is 3. The van der Waals surface area contributed by atoms with Gasteiger partial charge >= 0.3 is 0 Å². The number of anilines is 2. The zero-order chi connectivity index (χ0) is 30.1. The maximum Gasteiger partial charge on any atom is 0.255 e. The number of primary amides is 1. The molecule has 0 spiro atoms. The zero-order valence-corrected chi connectivity index (χ0v) is 24.2. The Morgan fingerprint density at radius 1 is 1.22 bits per heavy atom. The van der Waals surface area contributed by atoms with E-state index >= 15 is 0 Å². The minimum Gasteiger partial charge on any atom is -0.510 e. The summed E-state index contributed by atoms with van der Waals surface area (Å²) < 4.78 is 0. The standard InChI is InChI=1S/C28H33N5O7S/c1-11-10-41-27(31-11)30-9-13-8-16(32(2)3)14-6-12-7-15-20(33(4)5)23(36)19(26(29)39)25(38)28(15,40)24(37)17(12)22(35)18(14)21(13)34/h8,10,12,15,20,34,36-37,40H,6-7,9H2,1-5H3,(H2,29,39)(H,30,31)/t12-,15-,20-,28-/m0/s1. The maximum atomic E-state index is 14.1. The molecule has 3 aliphatic rings. The van der Waals surface area contributed by atoms with Gasteiger partial charge in [-0.05, 0) is 51.4 Å². The van der Waals surface area contributed by atoms with Crippen molar-refractivity contribution in [3.05, 3.63) is 56.5 Å². The van der Waals surface area contributed by atoms with Crippen molar-refractivity contribution in [2.75, 3.05) is 38.4 Å². The first-order valence-electron chi connectivity index (χ1n) is 13.1. The van der Waals surface area contributed by atoms with E-state index in [1.54, 1.807) is 20.2 Å². The first-order valence-corrected chi connectivity index (χ1v) is 13.9. The van der Waals surface area contributed by atoms with Crippen LogP contribution in [0.2, 0.25) is 0 Å². The first-order chi connectivity index (χ1) is 19.2. The number of likely N-dealkylation sites (N-methyl/N-ethyl adjacent to an activating group) is 1. The lowest BCUT2D eigenvalue weighted by Crippen LogP contribution is -2.63. The third kappa shape index (κ3) is 4.18. The van der Waals surface area contributed by atoms with Crippen molar-refractivity contribution in [3.8, 4) is 5.75 Å². The predicted octanol–water partition coefficient (Wildman–Crippen LogP) is 1.56. The summed E-state index contributed by atoms with van der Waals surface area (Å²) in [6.07, 6.45) is 0.251. The second-order valence-corrected chi connectivity index (χ2v) is 12.1. The molecule has 7 N–H and O–H groups in total. The van der Waals surface area contributed by atoms with Crippen LogP contribution in [0.25, 0.3) is 0 Å². The Hall–Kier alpha value is -3.94. The number of hydrogen-bond acceptors (Lipinski definition) is 12. The van der Waals surface area contributed by atoms with Gasteiger partial charge in [-0.2, -0.15) is 0 Å². The number of aromatic nitrogens is 1. The van der Waals surface area contributed by atoms with Gasteiger partial charge in [-0.25, -0.2) is 4.98 Å². The van der Waals surface area contributed by atoms with E-state index in [4.69, 9.17) is 5.73 Å². The summed E-state index contributed by atoms with van der Waals surface area (Å²) in [5, 5.41) is 51.2. The number of carbonyl (C=O) groups excluding carboxylic acids is 3. The van der Waals surface area contributed by atoms with Crippen LogP contribution >= 0.6 is 11.3 Å². The molecule has 1 amide bonds. The van der Waals surface area contributed by atoms with Gasteiger partial charge in [0.05, 0.1) is 17.3 Å². The zero-order valence-electron chi connectivity index (χ0n) is 23.3. The highest BCUT2D eigenvalue weighted by Gasteiger charge is 2.63. The van der Waals surface area contributed by atoms with Crippen LogP contribution in [0, 0.1) is 18.8 Å². The number of aliphatic hydroxyl groups excluding tert-OH is 2. The van der Waals surface area contributed by atoms with Gasteiger partial charge in [0, 0.05) is 48.8 Å². The van der Waals surface area contributed by atoms with E-state index in [0.29, 0.717) is 21.9 Å². The third-order valence-electron chi connectivity index (χ3n) is 8.31. The largest absolute Gasteiger partial charge is 0.510 e. The number of nitrogens with two attached hydrogens (primary N) is 1. The fourth-order valence-corrected chi connectivity index (χ4v) is 7.18. The number of phenolic OH excluding ortho intramolecular Hbond substituents is 1. The van der Waals surface area contributed by atoms with Crippen molar-refractivity contribution in [2.45, 2.75) is 38.0 Å². The number of thiazole rings is 1. The Balaban J connectivity index is 1.66. The number of ketones is 2. The lowest BCUT2D eigenvalue weighted by Gasteiger charge is -2.50. The van der Waals surface area contributed by atoms with Crippen molar-refractivity contribution < 1.29 is 34.8 Å². The summed E-state index contributed by atoms with van der Waals surface area (Å²) in [6.45, 7) is 2.02. The van der Waals surface area contributed by atoms with E-state index in [1.807, 2.05) is 31.3 Å². The van der Waals surface area contributed by atoms with Gasteiger partial charge in [0.1, 0.15) is 22.8 Å². The summed E-state index contributed by atoms with van der Waals surface area (Å²) in [5.74, 6) is -6.71. The highest BCUT2D eigenvalue weighted by Crippen LogP contribution is 2.53. The molecule has 5 rings (SSSR count). The summed E-state index contributed by atoms with van der Waals surface area (Å²) in [6, 6.07) is 0.758. The van der Waals surface area contributed by atoms with Crippen LogP contribution in [0.15, 0.2) is 34.1 Å². The highest BCUT2D eigenvalue weighted by atomic mass is 32.1. The number of fused-ring (bicyclic) bond motifs is 3. The SMILES string of the molecule is Cc1csc(NCc2cc(N(C)C)c3c(c2O)C(=O)C2=C(O)[C@]4(O)C(=O)C(C(N)=O)=C(O)[C@@H](N(C)C)[C@@H]4C[C@@H]2C3)n1. The number of amides is 1. The number of rotatable bonds is 6. The Morgan fingerprint density at radius 2 is 1.90 bits per heavy atom. The molecule has 41 heavy (non-hydrogen) atoms. The first kappa shape index (κ1) is 28.6. The average Bonchev–Trinajstić information content (AvgIpc) is 3.30. The number of phenols is 1. The molecule has 1 aromatic heterocycles. The molecule has 0 aliphatic heterocycles. The van der Waals surface area contributed by atoms with Gasteiger partial charge in [0.25, 0.3) is 5.91 Å². The van der Waals surface area contributed by atoms with Gasteiger partial charge in [-0.1, -0.05) is 0 Å². The molecule has 13 heteroatoms. The molecule has 0 saturated carbocycles. The van der Waals surface area contributed by atoms with Gasteiger partial charge in [0.15, 0.2) is 16.5 Å². The molecule has 0 radical (unpaired) electrons. The van der Waals surface area contributed by atoms with Crippen LogP contribution in [-0.2, 0) is 22.6 Å². The van der Waals surface area contributed by atoms with Crippen molar-refractivity contribution in [2.24, 2.45) is 17.6 Å². The second kappa shape index (κ2) is 9.86. The van der Waals surface area contributed by atoms with Crippen molar-refractivity contribution in [1.29, 1.82) is 0 Å². The van der Waals surface area contributed by atoms with Gasteiger partial charge in [0.2, 0.25) is 5.78 Å². The summed E-state index contributed by atoms with van der Waals surface area (Å²) >= 11 is 1.41. The smallest absolute Gasteiger partial charge is 0.255 e. The minimum atomic E-state index is -2.67. The van der Waals surface area contributed by atoms with Crippen molar-refractivity contribution >= 4 is 39.6 Å². The molecular formula is C28H33N5O7S. The van der Waals surface area contributed by atoms with E-state index in [1.165, 1.54) is 16.2 Å². The summed E-state index contributed by atoms with van der Waals surface area (Å²) in [4.78, 5) is 47.4. The molecule has 0 saturated heterocycles. The van der Waals surface area contributed by atoms with Crippen molar-refractivity contribution in [1.82, 2.24) is 9.88 Å².